The van der Waals surface area contributed by atoms with Crippen LogP contribution in [0.4, 0.5) is 0 Å². The van der Waals surface area contributed by atoms with Gasteiger partial charge in [-0.3, -0.25) is 0 Å². The Kier molecular flexibility index (Phi) is 7.03. The first kappa shape index (κ1) is 30.7. The maximum absolute atomic E-state index is 5.39. The standard InChI is InChI=1S/C52H34N2/c1-3-14-33(15-4-1)47-31-38(32-48(54-47)37-20-13-19-36(30-37)46-29-26-34-16-7-12-25-45(34)53-46)50-42-24-11-9-22-40(42)44-28-27-43-39-21-8-10-23-41(39)49(51(43)52(44)50)35-17-5-2-6-18-35/h1-32,49-50H. The lowest BCUT2D eigenvalue weighted by Gasteiger charge is -2.23. The number of nitrogens with zero attached hydrogens (tertiary/aromatic N) is 2. The molecule has 0 spiro atoms. The van der Waals surface area contributed by atoms with Crippen molar-refractivity contribution < 1.29 is 0 Å². The SMILES string of the molecule is c1ccc(-c2cc(C3c4ccccc4-c4ccc5c(c43)C(c3ccccc3)c3ccccc3-5)cc(-c3cccc(-c4ccc5ccccc5n4)c3)n2)cc1. The molecule has 0 saturated carbocycles. The normalized spacial score (nSPS) is 15.0. The fourth-order valence-electron chi connectivity index (χ4n) is 9.05. The van der Waals surface area contributed by atoms with Crippen molar-refractivity contribution in [3.63, 3.8) is 0 Å². The number of hydrogen-bond acceptors (Lipinski definition) is 2. The molecule has 2 heteroatoms. The number of benzene rings is 7. The van der Waals surface area contributed by atoms with E-state index < -0.39 is 0 Å². The maximum Gasteiger partial charge on any atom is 0.0712 e. The second-order valence-corrected chi connectivity index (χ2v) is 14.4. The largest absolute Gasteiger partial charge is 0.248 e. The number of aromatic nitrogens is 2. The Balaban J connectivity index is 1.14. The molecule has 7 aromatic carbocycles. The van der Waals surface area contributed by atoms with Crippen LogP contribution in [-0.4, -0.2) is 9.97 Å². The van der Waals surface area contributed by atoms with Crippen molar-refractivity contribution in [1.82, 2.24) is 9.97 Å². The van der Waals surface area contributed by atoms with Crippen LogP contribution in [0.2, 0.25) is 0 Å². The predicted molar refractivity (Wildman–Crippen MR) is 221 cm³/mol. The van der Waals surface area contributed by atoms with E-state index in [1.165, 1.54) is 55.6 Å². The fraction of sp³-hybridized carbons (Fsp3) is 0.0385. The zero-order valence-corrected chi connectivity index (χ0v) is 29.5. The first-order valence-electron chi connectivity index (χ1n) is 18.7. The highest BCUT2D eigenvalue weighted by Gasteiger charge is 2.40. The Hall–Kier alpha value is -6.90. The molecule has 0 bridgehead atoms. The minimum atomic E-state index is 0.0289. The van der Waals surface area contributed by atoms with E-state index in [1.807, 2.05) is 6.07 Å². The summed E-state index contributed by atoms with van der Waals surface area (Å²) in [5.74, 6) is 0.173. The minimum absolute atomic E-state index is 0.0289. The van der Waals surface area contributed by atoms with Crippen LogP contribution in [0.5, 0.6) is 0 Å². The third-order valence-corrected chi connectivity index (χ3v) is 11.4. The molecular formula is C52H34N2. The second kappa shape index (κ2) is 12.4. The van der Waals surface area contributed by atoms with Crippen molar-refractivity contribution in [2.45, 2.75) is 11.8 Å². The summed E-state index contributed by atoms with van der Waals surface area (Å²) in [5, 5.41) is 1.14. The first-order chi connectivity index (χ1) is 26.8. The van der Waals surface area contributed by atoms with Gasteiger partial charge in [-0.25, -0.2) is 9.97 Å². The van der Waals surface area contributed by atoms with E-state index in [0.717, 1.165) is 44.7 Å². The van der Waals surface area contributed by atoms with Crippen molar-refractivity contribution in [2.24, 2.45) is 0 Å². The van der Waals surface area contributed by atoms with Crippen LogP contribution in [0.15, 0.2) is 194 Å². The molecule has 0 amide bonds. The molecule has 0 N–H and O–H groups in total. The molecule has 2 unspecified atom stereocenters. The molecule has 54 heavy (non-hydrogen) atoms. The molecule has 0 aliphatic heterocycles. The van der Waals surface area contributed by atoms with Gasteiger partial charge in [0.2, 0.25) is 0 Å². The van der Waals surface area contributed by atoms with E-state index >= 15 is 0 Å². The van der Waals surface area contributed by atoms with Gasteiger partial charge in [-0.05, 0) is 86.0 Å². The number of para-hydroxylation sites is 1. The molecule has 2 atom stereocenters. The Morgan fingerprint density at radius 3 is 1.56 bits per heavy atom. The van der Waals surface area contributed by atoms with Gasteiger partial charge in [0.05, 0.1) is 22.6 Å². The molecular weight excluding hydrogens is 653 g/mol. The van der Waals surface area contributed by atoms with Crippen LogP contribution in [0, 0.1) is 0 Å². The number of rotatable bonds is 5. The van der Waals surface area contributed by atoms with E-state index in [4.69, 9.17) is 9.97 Å². The average molecular weight is 687 g/mol. The number of hydrogen-bond donors (Lipinski definition) is 0. The van der Waals surface area contributed by atoms with Crippen LogP contribution >= 0.6 is 0 Å². The highest BCUT2D eigenvalue weighted by atomic mass is 14.7. The minimum Gasteiger partial charge on any atom is -0.248 e. The topological polar surface area (TPSA) is 25.8 Å². The van der Waals surface area contributed by atoms with E-state index in [1.54, 1.807) is 0 Å². The van der Waals surface area contributed by atoms with Crippen molar-refractivity contribution in [2.75, 3.05) is 0 Å². The molecule has 0 fully saturated rings. The second-order valence-electron chi connectivity index (χ2n) is 14.4. The lowest BCUT2D eigenvalue weighted by atomic mass is 9.80. The highest BCUT2D eigenvalue weighted by Crippen LogP contribution is 2.58. The van der Waals surface area contributed by atoms with Gasteiger partial charge in [-0.15, -0.1) is 0 Å². The van der Waals surface area contributed by atoms with Crippen LogP contribution in [0.25, 0.3) is 66.9 Å². The molecule has 11 rings (SSSR count). The monoisotopic (exact) mass is 686 g/mol. The third-order valence-electron chi connectivity index (χ3n) is 11.4. The van der Waals surface area contributed by atoms with Crippen LogP contribution < -0.4 is 0 Å². The molecule has 2 aromatic heterocycles. The Morgan fingerprint density at radius 2 is 0.852 bits per heavy atom. The molecule has 9 aromatic rings. The van der Waals surface area contributed by atoms with Crippen LogP contribution in [-0.2, 0) is 0 Å². The molecule has 2 aliphatic carbocycles. The van der Waals surface area contributed by atoms with Crippen LogP contribution in [0.1, 0.15) is 45.2 Å². The van der Waals surface area contributed by atoms with Gasteiger partial charge in [-0.1, -0.05) is 164 Å². The van der Waals surface area contributed by atoms with Gasteiger partial charge in [0.25, 0.3) is 0 Å². The highest BCUT2D eigenvalue weighted by molar-refractivity contribution is 5.91. The van der Waals surface area contributed by atoms with E-state index in [0.29, 0.717) is 0 Å². The summed E-state index contributed by atoms with van der Waals surface area (Å²) in [7, 11) is 0. The van der Waals surface area contributed by atoms with Crippen LogP contribution in [0.3, 0.4) is 0 Å². The zero-order valence-electron chi connectivity index (χ0n) is 29.5. The zero-order chi connectivity index (χ0) is 35.6. The van der Waals surface area contributed by atoms with E-state index in [9.17, 15) is 0 Å². The Bertz CT molecular complexity index is 2890. The number of pyridine rings is 2. The smallest absolute Gasteiger partial charge is 0.0712 e. The van der Waals surface area contributed by atoms with E-state index in [2.05, 4.69) is 188 Å². The summed E-state index contributed by atoms with van der Waals surface area (Å²) in [6.07, 6.45) is 0. The van der Waals surface area contributed by atoms with Gasteiger partial charge in [0, 0.05) is 33.9 Å². The van der Waals surface area contributed by atoms with Gasteiger partial charge in [0.15, 0.2) is 0 Å². The van der Waals surface area contributed by atoms with Gasteiger partial charge in [0.1, 0.15) is 0 Å². The Labute approximate surface area is 315 Å². The van der Waals surface area contributed by atoms with Gasteiger partial charge in [-0.2, -0.15) is 0 Å². The summed E-state index contributed by atoms with van der Waals surface area (Å²) in [6.45, 7) is 0. The van der Waals surface area contributed by atoms with Crippen molar-refractivity contribution in [3.05, 3.63) is 228 Å². The Morgan fingerprint density at radius 1 is 0.315 bits per heavy atom. The summed E-state index contributed by atoms with van der Waals surface area (Å²) < 4.78 is 0. The van der Waals surface area contributed by atoms with E-state index in [-0.39, 0.29) is 11.8 Å². The third kappa shape index (κ3) is 4.88. The average Bonchev–Trinajstić information content (AvgIpc) is 3.77. The number of fused-ring (bicyclic) bond motifs is 8. The molecule has 2 nitrogen and oxygen atoms in total. The summed E-state index contributed by atoms with van der Waals surface area (Å²) in [5.41, 5.74) is 20.5. The molecule has 2 aliphatic rings. The van der Waals surface area contributed by atoms with Crippen molar-refractivity contribution >= 4 is 10.9 Å². The first-order valence-corrected chi connectivity index (χ1v) is 18.7. The van der Waals surface area contributed by atoms with Gasteiger partial charge >= 0.3 is 0 Å². The molecule has 2 heterocycles. The van der Waals surface area contributed by atoms with Crippen molar-refractivity contribution in [1.29, 1.82) is 0 Å². The summed E-state index contributed by atoms with van der Waals surface area (Å²) >= 11 is 0. The lowest BCUT2D eigenvalue weighted by Crippen LogP contribution is -2.08. The van der Waals surface area contributed by atoms with Crippen molar-refractivity contribution in [3.8, 4) is 56.0 Å². The lowest BCUT2D eigenvalue weighted by molar-refractivity contribution is 0.936. The predicted octanol–water partition coefficient (Wildman–Crippen LogP) is 13.0. The quantitative estimate of drug-likeness (QED) is 0.180. The maximum atomic E-state index is 5.39. The fourth-order valence-corrected chi connectivity index (χ4v) is 9.05. The molecule has 252 valence electrons. The summed E-state index contributed by atoms with van der Waals surface area (Å²) in [6, 6.07) is 70.4. The van der Waals surface area contributed by atoms with Gasteiger partial charge < -0.3 is 0 Å². The summed E-state index contributed by atoms with van der Waals surface area (Å²) in [4.78, 5) is 10.4. The molecule has 0 radical (unpaired) electrons. The molecule has 0 saturated heterocycles.